The van der Waals surface area contributed by atoms with Gasteiger partial charge in [-0.3, -0.25) is 9.32 Å². The molecule has 236 valence electrons. The summed E-state index contributed by atoms with van der Waals surface area (Å²) in [6, 6.07) is 18.7. The summed E-state index contributed by atoms with van der Waals surface area (Å²) in [5, 5.41) is 19.2. The topological polar surface area (TPSA) is 175 Å². The van der Waals surface area contributed by atoms with Gasteiger partial charge in [-0.05, 0) is 42.8 Å². The monoisotopic (exact) mass is 634 g/mol. The molecule has 0 bridgehead atoms. The Morgan fingerprint density at radius 1 is 1.18 bits per heavy atom. The maximum absolute atomic E-state index is 14.4. The van der Waals surface area contributed by atoms with Crippen molar-refractivity contribution in [3.05, 3.63) is 90.5 Å². The molecular weight excluding hydrogens is 599 g/mol. The van der Waals surface area contributed by atoms with E-state index < -0.39 is 38.1 Å². The average Bonchev–Trinajstić information content (AvgIpc) is 3.73. The molecule has 13 nitrogen and oxygen atoms in total. The van der Waals surface area contributed by atoms with Gasteiger partial charge in [0.15, 0.2) is 5.82 Å². The molecule has 3 aromatic heterocycles. The summed E-state index contributed by atoms with van der Waals surface area (Å²) in [7, 11) is -4.27. The van der Waals surface area contributed by atoms with Crippen LogP contribution in [-0.2, 0) is 29.8 Å². The number of ether oxygens (including phenoxy) is 2. The van der Waals surface area contributed by atoms with Crippen molar-refractivity contribution in [2.45, 2.75) is 44.6 Å². The molecule has 14 heteroatoms. The van der Waals surface area contributed by atoms with E-state index in [1.54, 1.807) is 54.0 Å². The SMILES string of the molecule is CCOC(=O)[C@H](Cc1c[nH]c2ccccc12)NP(=O)(OC[C@H]1O[C@@H](c2ccc3c(N)ncnn23)C(C)[C@@H]1O)Oc1ccccc1. The Balaban J connectivity index is 1.24. The zero-order valence-electron chi connectivity index (χ0n) is 24.8. The standard InChI is InChI=1S/C31H35N6O7P/c1-3-41-31(39)24(15-20-16-33-23-12-8-7-11-22(20)23)36-45(40,44-21-9-5-4-6-10-21)42-17-27-28(38)19(2)29(43-27)25-13-14-26-30(32)34-18-35-37(25)26/h4-14,16,18-19,24,27-29,33,38H,3,15,17H2,1-2H3,(H,36,40)(H2,32,34,35)/t19?,24-,27+,28-,29+,45?/m0/s1. The number of carbonyl (C=O) groups excluding carboxylic acids is 1. The van der Waals surface area contributed by atoms with E-state index >= 15 is 0 Å². The van der Waals surface area contributed by atoms with Crippen LogP contribution in [0, 0.1) is 5.92 Å². The fourth-order valence-corrected chi connectivity index (χ4v) is 7.09. The van der Waals surface area contributed by atoms with Gasteiger partial charge in [0.2, 0.25) is 0 Å². The highest BCUT2D eigenvalue weighted by Crippen LogP contribution is 2.47. The Morgan fingerprint density at radius 3 is 2.76 bits per heavy atom. The van der Waals surface area contributed by atoms with Crippen LogP contribution in [0.25, 0.3) is 16.4 Å². The van der Waals surface area contributed by atoms with Gasteiger partial charge in [0.25, 0.3) is 0 Å². The summed E-state index contributed by atoms with van der Waals surface area (Å²) in [4.78, 5) is 20.4. The number of hydrogen-bond acceptors (Lipinski definition) is 10. The molecular formula is C31H35N6O7P. The third kappa shape index (κ3) is 6.44. The number of hydrogen-bond donors (Lipinski definition) is 4. The largest absolute Gasteiger partial charge is 0.465 e. The van der Waals surface area contributed by atoms with Gasteiger partial charge in [0, 0.05) is 29.4 Å². The molecule has 45 heavy (non-hydrogen) atoms. The van der Waals surface area contributed by atoms with Gasteiger partial charge >= 0.3 is 13.7 Å². The second kappa shape index (κ2) is 13.0. The molecule has 0 amide bonds. The molecule has 4 heterocycles. The summed E-state index contributed by atoms with van der Waals surface area (Å²) in [5.74, 6) is -0.407. The highest BCUT2D eigenvalue weighted by molar-refractivity contribution is 7.52. The van der Waals surface area contributed by atoms with Crippen molar-refractivity contribution < 1.29 is 33.0 Å². The molecule has 0 spiro atoms. The average molecular weight is 635 g/mol. The Bertz CT molecular complexity index is 1830. The summed E-state index contributed by atoms with van der Waals surface area (Å²) in [5.41, 5.74) is 9.00. The van der Waals surface area contributed by atoms with Gasteiger partial charge in [0.1, 0.15) is 35.8 Å². The second-order valence-electron chi connectivity index (χ2n) is 10.8. The van der Waals surface area contributed by atoms with E-state index in [1.807, 2.05) is 37.3 Å². The smallest absolute Gasteiger partial charge is 0.459 e. The summed E-state index contributed by atoms with van der Waals surface area (Å²) >= 11 is 0. The Kier molecular flexibility index (Phi) is 8.88. The van der Waals surface area contributed by atoms with Crippen LogP contribution in [0.15, 0.2) is 79.3 Å². The lowest BCUT2D eigenvalue weighted by molar-refractivity contribution is -0.145. The van der Waals surface area contributed by atoms with Crippen molar-refractivity contribution in [3.8, 4) is 5.75 Å². The summed E-state index contributed by atoms with van der Waals surface area (Å²) in [6.45, 7) is 3.36. The Labute approximate surface area is 259 Å². The number of aliphatic hydroxyl groups is 1. The number of nitrogen functional groups attached to an aromatic ring is 1. The first-order valence-corrected chi connectivity index (χ1v) is 16.2. The number of aromatic nitrogens is 4. The van der Waals surface area contributed by atoms with E-state index in [9.17, 15) is 14.5 Å². The zero-order valence-corrected chi connectivity index (χ0v) is 25.7. The fraction of sp³-hybridized carbons (Fsp3) is 0.323. The normalized spacial score (nSPS) is 21.9. The maximum Gasteiger partial charge on any atom is 0.459 e. The van der Waals surface area contributed by atoms with Crippen LogP contribution in [0.3, 0.4) is 0 Å². The number of nitrogens with zero attached hydrogens (tertiary/aromatic N) is 3. The van der Waals surface area contributed by atoms with Crippen LogP contribution in [-0.4, -0.2) is 62.1 Å². The molecule has 0 aliphatic carbocycles. The lowest BCUT2D eigenvalue weighted by Gasteiger charge is -2.26. The molecule has 6 rings (SSSR count). The quantitative estimate of drug-likeness (QED) is 0.114. The van der Waals surface area contributed by atoms with Crippen LogP contribution in [0.2, 0.25) is 0 Å². The highest BCUT2D eigenvalue weighted by atomic mass is 31.2. The second-order valence-corrected chi connectivity index (χ2v) is 12.5. The number of aliphatic hydroxyl groups excluding tert-OH is 1. The lowest BCUT2D eigenvalue weighted by atomic mass is 9.97. The first-order chi connectivity index (χ1) is 21.8. The Hall–Kier alpha value is -4.26. The number of fused-ring (bicyclic) bond motifs is 2. The van der Waals surface area contributed by atoms with Gasteiger partial charge in [-0.1, -0.05) is 43.3 Å². The van der Waals surface area contributed by atoms with E-state index in [4.69, 9.17) is 24.3 Å². The van der Waals surface area contributed by atoms with E-state index in [1.165, 1.54) is 6.33 Å². The Morgan fingerprint density at radius 2 is 1.96 bits per heavy atom. The minimum Gasteiger partial charge on any atom is -0.465 e. The predicted octanol–water partition coefficient (Wildman–Crippen LogP) is 4.20. The summed E-state index contributed by atoms with van der Waals surface area (Å²) in [6.07, 6.45) is 0.873. The van der Waals surface area contributed by atoms with Crippen molar-refractivity contribution in [1.29, 1.82) is 0 Å². The molecule has 1 saturated heterocycles. The highest BCUT2D eigenvalue weighted by Gasteiger charge is 2.45. The third-order valence-corrected chi connectivity index (χ3v) is 9.45. The van der Waals surface area contributed by atoms with Crippen LogP contribution < -0.4 is 15.3 Å². The number of benzene rings is 2. The lowest BCUT2D eigenvalue weighted by Crippen LogP contribution is -2.40. The number of aromatic amines is 1. The van der Waals surface area contributed by atoms with E-state index in [-0.39, 0.29) is 31.3 Å². The van der Waals surface area contributed by atoms with Crippen LogP contribution in [0.5, 0.6) is 5.75 Å². The van der Waals surface area contributed by atoms with E-state index in [0.717, 1.165) is 16.5 Å². The number of anilines is 1. The molecule has 5 N–H and O–H groups in total. The van der Waals surface area contributed by atoms with Crippen molar-refractivity contribution in [2.75, 3.05) is 18.9 Å². The minimum absolute atomic E-state index is 0.127. The van der Waals surface area contributed by atoms with Gasteiger partial charge in [-0.2, -0.15) is 10.2 Å². The maximum atomic E-state index is 14.4. The van der Waals surface area contributed by atoms with Gasteiger partial charge in [0.05, 0.1) is 25.0 Å². The number of nitrogens with one attached hydrogen (secondary N) is 2. The number of rotatable bonds is 12. The number of carbonyl (C=O) groups is 1. The molecule has 2 aromatic carbocycles. The molecule has 6 atom stereocenters. The molecule has 1 aliphatic rings. The summed E-state index contributed by atoms with van der Waals surface area (Å²) < 4.78 is 39.5. The molecule has 1 fully saturated rings. The zero-order chi connectivity index (χ0) is 31.6. The molecule has 5 aromatic rings. The van der Waals surface area contributed by atoms with E-state index in [2.05, 4.69) is 20.2 Å². The minimum atomic E-state index is -4.27. The van der Waals surface area contributed by atoms with Gasteiger partial charge in [-0.15, -0.1) is 0 Å². The first kappa shape index (κ1) is 30.8. The molecule has 0 saturated carbocycles. The fourth-order valence-electron chi connectivity index (χ4n) is 5.59. The number of para-hydroxylation sites is 2. The van der Waals surface area contributed by atoms with Crippen molar-refractivity contribution in [1.82, 2.24) is 24.7 Å². The van der Waals surface area contributed by atoms with Crippen LogP contribution in [0.4, 0.5) is 5.82 Å². The van der Waals surface area contributed by atoms with Crippen LogP contribution >= 0.6 is 7.75 Å². The molecule has 0 radical (unpaired) electrons. The number of H-pyrrole nitrogens is 1. The van der Waals surface area contributed by atoms with Gasteiger partial charge in [-0.25, -0.2) is 14.1 Å². The third-order valence-electron chi connectivity index (χ3n) is 7.88. The number of esters is 1. The van der Waals surface area contributed by atoms with Crippen molar-refractivity contribution in [3.63, 3.8) is 0 Å². The number of nitrogens with two attached hydrogens (primary N) is 1. The van der Waals surface area contributed by atoms with Gasteiger partial charge < -0.3 is 29.8 Å². The van der Waals surface area contributed by atoms with Crippen LogP contribution in [0.1, 0.15) is 31.2 Å². The van der Waals surface area contributed by atoms with Crippen molar-refractivity contribution >= 4 is 36.0 Å². The van der Waals surface area contributed by atoms with E-state index in [0.29, 0.717) is 17.0 Å². The first-order valence-electron chi connectivity index (χ1n) is 14.7. The molecule has 1 aliphatic heterocycles. The van der Waals surface area contributed by atoms with Crippen molar-refractivity contribution in [2.24, 2.45) is 5.92 Å². The molecule has 2 unspecified atom stereocenters. The predicted molar refractivity (Wildman–Crippen MR) is 166 cm³/mol.